The Bertz CT molecular complexity index is 324. The zero-order valence-corrected chi connectivity index (χ0v) is 14.3. The van der Waals surface area contributed by atoms with Crippen molar-refractivity contribution in [1.82, 2.24) is 0 Å². The van der Waals surface area contributed by atoms with Crippen LogP contribution >= 0.6 is 12.6 Å². The van der Waals surface area contributed by atoms with Gasteiger partial charge in [-0.25, -0.2) is 0 Å². The average Bonchev–Trinajstić information content (AvgIpc) is 2.23. The van der Waals surface area contributed by atoms with Gasteiger partial charge in [0.1, 0.15) is 6.54 Å². The molecule has 6 heteroatoms. The number of thiol groups is 1. The van der Waals surface area contributed by atoms with E-state index in [9.17, 15) is 9.59 Å². The summed E-state index contributed by atoms with van der Waals surface area (Å²) in [4.78, 5) is 23.4. The van der Waals surface area contributed by atoms with Crippen LogP contribution in [0.1, 0.15) is 27.2 Å². The summed E-state index contributed by atoms with van der Waals surface area (Å²) in [5, 5.41) is -0.503. The molecule has 1 unspecified atom stereocenters. The van der Waals surface area contributed by atoms with Gasteiger partial charge in [0.25, 0.3) is 0 Å². The summed E-state index contributed by atoms with van der Waals surface area (Å²) in [5.41, 5.74) is 0. The largest absolute Gasteiger partial charge is 0.465 e. The molecule has 0 fully saturated rings. The third kappa shape index (κ3) is 10.1. The molecule has 0 aliphatic carbocycles. The highest BCUT2D eigenvalue weighted by atomic mass is 32.1. The number of nitrogens with zero attached hydrogens (tertiary/aromatic N) is 1. The van der Waals surface area contributed by atoms with Gasteiger partial charge in [-0.05, 0) is 12.8 Å². The van der Waals surface area contributed by atoms with Crippen LogP contribution in [0.3, 0.4) is 0 Å². The summed E-state index contributed by atoms with van der Waals surface area (Å²) in [7, 11) is 5.93. The summed E-state index contributed by atoms with van der Waals surface area (Å²) < 4.78 is 11.1. The first-order chi connectivity index (χ1) is 9.01. The van der Waals surface area contributed by atoms with Gasteiger partial charge in [0.05, 0.1) is 39.4 Å². The van der Waals surface area contributed by atoms with Gasteiger partial charge < -0.3 is 14.0 Å². The molecular weight excluding hydrogens is 278 g/mol. The van der Waals surface area contributed by atoms with Crippen LogP contribution in [-0.4, -0.2) is 62.1 Å². The molecule has 0 radical (unpaired) electrons. The van der Waals surface area contributed by atoms with Gasteiger partial charge in [0.15, 0.2) is 6.10 Å². The van der Waals surface area contributed by atoms with E-state index in [0.29, 0.717) is 17.6 Å². The summed E-state index contributed by atoms with van der Waals surface area (Å²) in [6, 6.07) is 0. The van der Waals surface area contributed by atoms with E-state index < -0.39 is 17.3 Å². The van der Waals surface area contributed by atoms with E-state index >= 15 is 0 Å². The van der Waals surface area contributed by atoms with E-state index in [4.69, 9.17) is 9.47 Å². The predicted molar refractivity (Wildman–Crippen MR) is 81.6 cm³/mol. The van der Waals surface area contributed by atoms with Gasteiger partial charge in [-0.2, -0.15) is 12.6 Å². The maximum atomic E-state index is 11.8. The van der Waals surface area contributed by atoms with Crippen LogP contribution in [-0.2, 0) is 19.1 Å². The van der Waals surface area contributed by atoms with Crippen molar-refractivity contribution in [2.45, 2.75) is 38.5 Å². The van der Waals surface area contributed by atoms with E-state index in [1.807, 2.05) is 35.0 Å². The predicted octanol–water partition coefficient (Wildman–Crippen LogP) is 1.51. The smallest absolute Gasteiger partial charge is 0.319 e. The highest BCUT2D eigenvalue weighted by molar-refractivity contribution is 7.81. The number of carbonyl (C=O) groups excluding carboxylic acids is 2. The lowest BCUT2D eigenvalue weighted by atomic mass is 10.2. The average molecular weight is 306 g/mol. The molecule has 0 aliphatic rings. The molecule has 0 heterocycles. The van der Waals surface area contributed by atoms with E-state index in [2.05, 4.69) is 12.6 Å². The van der Waals surface area contributed by atoms with Gasteiger partial charge in [-0.15, -0.1) is 0 Å². The fraction of sp³-hybridized carbons (Fsp3) is 0.857. The fourth-order valence-corrected chi connectivity index (χ4v) is 1.58. The Morgan fingerprint density at radius 1 is 1.15 bits per heavy atom. The molecule has 0 N–H and O–H groups in total. The third-order valence-electron chi connectivity index (χ3n) is 2.35. The van der Waals surface area contributed by atoms with Crippen molar-refractivity contribution < 1.29 is 23.5 Å². The summed E-state index contributed by atoms with van der Waals surface area (Å²) >= 11 is 4.04. The van der Waals surface area contributed by atoms with Crippen LogP contribution in [0, 0.1) is 5.92 Å². The molecule has 20 heavy (non-hydrogen) atoms. The minimum atomic E-state index is -0.503. The highest BCUT2D eigenvalue weighted by Gasteiger charge is 2.26. The van der Waals surface area contributed by atoms with Gasteiger partial charge in [0.2, 0.25) is 0 Å². The molecule has 0 aromatic rings. The summed E-state index contributed by atoms with van der Waals surface area (Å²) in [6.07, 6.45) is -0.411. The van der Waals surface area contributed by atoms with E-state index in [-0.39, 0.29) is 18.3 Å². The zero-order chi connectivity index (χ0) is 15.9. The Labute approximate surface area is 127 Å². The van der Waals surface area contributed by atoms with Crippen LogP contribution in [0.25, 0.3) is 0 Å². The number of esters is 2. The summed E-state index contributed by atoms with van der Waals surface area (Å²) in [6.45, 7) is 6.51. The van der Waals surface area contributed by atoms with Crippen LogP contribution in [0.4, 0.5) is 0 Å². The number of likely N-dealkylation sites (N-methyl/N-ethyl adjacent to an activating group) is 1. The van der Waals surface area contributed by atoms with Gasteiger partial charge in [0, 0.05) is 0 Å². The van der Waals surface area contributed by atoms with Crippen molar-refractivity contribution in [2.24, 2.45) is 5.92 Å². The molecule has 2 atom stereocenters. The maximum absolute atomic E-state index is 11.8. The highest BCUT2D eigenvalue weighted by Crippen LogP contribution is 2.09. The molecule has 0 rings (SSSR count). The quantitative estimate of drug-likeness (QED) is 0.420. The van der Waals surface area contributed by atoms with Crippen molar-refractivity contribution in [1.29, 1.82) is 0 Å². The van der Waals surface area contributed by atoms with Crippen molar-refractivity contribution >= 4 is 24.6 Å². The van der Waals surface area contributed by atoms with Gasteiger partial charge >= 0.3 is 11.9 Å². The lowest BCUT2D eigenvalue weighted by molar-refractivity contribution is -0.873. The maximum Gasteiger partial charge on any atom is 0.319 e. The minimum absolute atomic E-state index is 0.0779. The molecule has 0 aromatic carbocycles. The molecule has 0 spiro atoms. The van der Waals surface area contributed by atoms with Crippen LogP contribution in [0.15, 0.2) is 0 Å². The van der Waals surface area contributed by atoms with Crippen molar-refractivity contribution in [2.75, 3.05) is 34.3 Å². The topological polar surface area (TPSA) is 52.6 Å². The second kappa shape index (κ2) is 8.52. The lowest BCUT2D eigenvalue weighted by Gasteiger charge is -2.29. The second-order valence-electron chi connectivity index (χ2n) is 6.49. The van der Waals surface area contributed by atoms with Crippen molar-refractivity contribution in [3.05, 3.63) is 0 Å². The number of carbonyl (C=O) groups is 2. The number of hydrogen-bond donors (Lipinski definition) is 1. The van der Waals surface area contributed by atoms with E-state index in [1.54, 1.807) is 6.92 Å². The molecule has 118 valence electrons. The molecule has 0 aromatic heterocycles. The Kier molecular flexibility index (Phi) is 8.20. The second-order valence-corrected chi connectivity index (χ2v) is 7.26. The molecule has 0 bridgehead atoms. The van der Waals surface area contributed by atoms with Crippen molar-refractivity contribution in [3.63, 3.8) is 0 Å². The van der Waals surface area contributed by atoms with Crippen LogP contribution in [0.5, 0.6) is 0 Å². The summed E-state index contributed by atoms with van der Waals surface area (Å²) in [5.74, 6) is -0.462. The van der Waals surface area contributed by atoms with Crippen molar-refractivity contribution in [3.8, 4) is 0 Å². The standard InChI is InChI=1S/C14H27NO4S/c1-10(2)9-18-13(16)7-12(8-15(4,5)6)19-14(17)11(3)20/h10-12H,7-9H2,1-6H3/p+1/t11-,12?/m1/s1. The molecule has 5 nitrogen and oxygen atoms in total. The first kappa shape index (κ1) is 19.2. The minimum Gasteiger partial charge on any atom is -0.465 e. The number of quaternary nitrogens is 1. The van der Waals surface area contributed by atoms with Crippen LogP contribution in [0.2, 0.25) is 0 Å². The SMILES string of the molecule is CC(C)COC(=O)CC(C[N+](C)(C)C)OC(=O)[C@@H](C)S. The number of hydrogen-bond acceptors (Lipinski definition) is 5. The third-order valence-corrected chi connectivity index (χ3v) is 2.56. The Morgan fingerprint density at radius 2 is 1.70 bits per heavy atom. The van der Waals surface area contributed by atoms with E-state index in [1.165, 1.54) is 0 Å². The molecule has 0 saturated carbocycles. The van der Waals surface area contributed by atoms with Gasteiger partial charge in [-0.1, -0.05) is 13.8 Å². The first-order valence-electron chi connectivity index (χ1n) is 6.86. The van der Waals surface area contributed by atoms with Crippen LogP contribution < -0.4 is 0 Å². The number of ether oxygens (including phenoxy) is 2. The normalized spacial score (nSPS) is 14.8. The monoisotopic (exact) mass is 306 g/mol. The fourth-order valence-electron chi connectivity index (χ4n) is 1.52. The Hall–Kier alpha value is -0.750. The number of rotatable bonds is 8. The Balaban J connectivity index is 4.52. The first-order valence-corrected chi connectivity index (χ1v) is 7.37. The van der Waals surface area contributed by atoms with E-state index in [0.717, 1.165) is 0 Å². The Morgan fingerprint density at radius 3 is 2.10 bits per heavy atom. The molecular formula is C14H28NO4S+. The zero-order valence-electron chi connectivity index (χ0n) is 13.4. The lowest BCUT2D eigenvalue weighted by Crippen LogP contribution is -2.44. The molecule has 0 aliphatic heterocycles. The molecule has 0 amide bonds. The van der Waals surface area contributed by atoms with Gasteiger partial charge in [-0.3, -0.25) is 9.59 Å². The molecule has 0 saturated heterocycles.